The molecule has 3 rings (SSSR count). The van der Waals surface area contributed by atoms with Crippen LogP contribution in [0, 0.1) is 0 Å². The molecule has 3 heterocycles. The lowest BCUT2D eigenvalue weighted by Gasteiger charge is -2.10. The molecule has 3 aromatic rings. The molecule has 0 atom stereocenters. The molecule has 0 radical (unpaired) electrons. The lowest BCUT2D eigenvalue weighted by molar-refractivity contribution is -0.136. The number of carboxylic acid groups (broad SMARTS) is 1. The molecule has 11 heteroatoms. The van der Waals surface area contributed by atoms with Gasteiger partial charge in [0.15, 0.2) is 5.69 Å². The molecule has 26 heavy (non-hydrogen) atoms. The number of carbonyl (C=O) groups is 2. The highest BCUT2D eigenvalue weighted by Crippen LogP contribution is 2.35. The third-order valence-electron chi connectivity index (χ3n) is 3.18. The second-order valence-electron chi connectivity index (χ2n) is 4.93. The molecule has 0 aromatic carbocycles. The molecule has 8 nitrogen and oxygen atoms in total. The Kier molecular flexibility index (Phi) is 5.19. The topological polar surface area (TPSA) is 123 Å². The van der Waals surface area contributed by atoms with E-state index in [1.54, 1.807) is 0 Å². The maximum atomic E-state index is 13.1. The van der Waals surface area contributed by atoms with Gasteiger partial charge in [0.1, 0.15) is 5.65 Å². The number of pyridine rings is 1. The van der Waals surface area contributed by atoms with Crippen LogP contribution in [-0.2, 0) is 6.18 Å². The molecule has 0 fully saturated rings. The lowest BCUT2D eigenvalue weighted by Crippen LogP contribution is -2.24. The van der Waals surface area contributed by atoms with Crippen LogP contribution in [0.2, 0.25) is 0 Å². The summed E-state index contributed by atoms with van der Waals surface area (Å²) >= 11 is 0. The number of furan rings is 1. The highest BCUT2D eigenvalue weighted by atomic mass is 19.4. The Morgan fingerprint density at radius 3 is 2.42 bits per heavy atom. The van der Waals surface area contributed by atoms with Crippen LogP contribution < -0.4 is 11.1 Å². The van der Waals surface area contributed by atoms with Gasteiger partial charge in [-0.25, -0.2) is 14.6 Å². The largest absolute Gasteiger partial charge is 0.476 e. The first-order valence-electron chi connectivity index (χ1n) is 6.96. The van der Waals surface area contributed by atoms with Gasteiger partial charge in [-0.2, -0.15) is 13.2 Å². The summed E-state index contributed by atoms with van der Waals surface area (Å²) in [6.07, 6.45) is 0.396. The van der Waals surface area contributed by atoms with Crippen LogP contribution in [0.15, 0.2) is 41.5 Å². The molecular weight excluding hydrogens is 357 g/mol. The van der Waals surface area contributed by atoms with Crippen LogP contribution in [-0.4, -0.2) is 33.5 Å². The van der Waals surface area contributed by atoms with Crippen molar-refractivity contribution in [3.63, 3.8) is 0 Å². The predicted octanol–water partition coefficient (Wildman–Crippen LogP) is 2.60. The maximum absolute atomic E-state index is 13.1. The molecule has 138 valence electrons. The average molecular weight is 370 g/mol. The first-order chi connectivity index (χ1) is 12.1. The maximum Gasteiger partial charge on any atom is 0.420 e. The Morgan fingerprint density at radius 1 is 1.31 bits per heavy atom. The van der Waals surface area contributed by atoms with E-state index in [1.807, 2.05) is 0 Å². The second kappa shape index (κ2) is 7.17. The fourth-order valence-corrected chi connectivity index (χ4v) is 2.00. The van der Waals surface area contributed by atoms with E-state index in [2.05, 4.69) is 16.0 Å². The van der Waals surface area contributed by atoms with Gasteiger partial charge in [-0.15, -0.1) is 0 Å². The Bertz CT molecular complexity index is 932. The van der Waals surface area contributed by atoms with E-state index in [4.69, 9.17) is 9.52 Å². The fourth-order valence-electron chi connectivity index (χ4n) is 2.00. The third-order valence-corrected chi connectivity index (χ3v) is 3.18. The minimum atomic E-state index is -4.65. The normalized spacial score (nSPS) is 10.9. The number of carboxylic acids is 1. The minimum Gasteiger partial charge on any atom is -0.476 e. The number of primary amides is 1. The highest BCUT2D eigenvalue weighted by molar-refractivity contribution is 5.86. The van der Waals surface area contributed by atoms with Gasteiger partial charge < -0.3 is 25.0 Å². The number of hydrogen-bond donors (Lipinski definition) is 3. The van der Waals surface area contributed by atoms with E-state index < -0.39 is 35.1 Å². The highest BCUT2D eigenvalue weighted by Gasteiger charge is 2.35. The number of urea groups is 1. The number of nitrogens with zero attached hydrogens (tertiary/aromatic N) is 2. The van der Waals surface area contributed by atoms with Gasteiger partial charge >= 0.3 is 18.2 Å². The summed E-state index contributed by atoms with van der Waals surface area (Å²) in [5, 5.41) is 11.0. The monoisotopic (exact) mass is 370 g/mol. The lowest BCUT2D eigenvalue weighted by atomic mass is 10.1. The van der Waals surface area contributed by atoms with Gasteiger partial charge in [-0.05, 0) is 12.1 Å². The molecule has 0 saturated carbocycles. The summed E-state index contributed by atoms with van der Waals surface area (Å²) in [7, 11) is 1.47. The summed E-state index contributed by atoms with van der Waals surface area (Å²) in [5.74, 6) is -1.39. The quantitative estimate of drug-likeness (QED) is 0.640. The molecule has 0 aliphatic rings. The van der Waals surface area contributed by atoms with Crippen molar-refractivity contribution in [2.45, 2.75) is 6.18 Å². The van der Waals surface area contributed by atoms with Gasteiger partial charge in [0, 0.05) is 30.6 Å². The van der Waals surface area contributed by atoms with E-state index in [9.17, 15) is 22.8 Å². The molecule has 0 unspecified atom stereocenters. The molecule has 0 aliphatic heterocycles. The van der Waals surface area contributed by atoms with Gasteiger partial charge in [0.25, 0.3) is 0 Å². The van der Waals surface area contributed by atoms with E-state index in [1.165, 1.54) is 31.8 Å². The number of nitrogens with two attached hydrogens (primary N) is 1. The fraction of sp³-hybridized carbons (Fsp3) is 0.133. The molecule has 0 bridgehead atoms. The number of carbonyl (C=O) groups excluding carboxylic acids is 1. The first-order valence-corrected chi connectivity index (χ1v) is 6.96. The number of rotatable bonds is 2. The first kappa shape index (κ1) is 18.8. The standard InChI is InChI=1S/C13H7F3N2O3.C2H6N2O/c14-13(15,16)9-3-8(7-1-2-21-6-7)4-18-5-10(12(19)20)17-11(9)18;1-4-2(3)5/h1-6H,(H,19,20);1H3,(H3,3,4,5). The minimum absolute atomic E-state index is 0.248. The number of fused-ring (bicyclic) bond motifs is 1. The average Bonchev–Trinajstić information content (AvgIpc) is 3.22. The Labute approximate surface area is 144 Å². The molecule has 0 saturated heterocycles. The van der Waals surface area contributed by atoms with E-state index in [-0.39, 0.29) is 5.56 Å². The molecule has 4 N–H and O–H groups in total. The summed E-state index contributed by atoms with van der Waals surface area (Å²) < 4.78 is 45.3. The summed E-state index contributed by atoms with van der Waals surface area (Å²) in [5.41, 5.74) is 3.33. The summed E-state index contributed by atoms with van der Waals surface area (Å²) in [6.45, 7) is 0. The zero-order chi connectivity index (χ0) is 19.5. The number of aromatic nitrogens is 2. The number of amides is 2. The van der Waals surface area contributed by atoms with Crippen LogP contribution in [0.4, 0.5) is 18.0 Å². The number of nitrogens with one attached hydrogen (secondary N) is 1. The van der Waals surface area contributed by atoms with E-state index in [0.717, 1.165) is 16.7 Å². The van der Waals surface area contributed by atoms with Crippen molar-refractivity contribution in [2.24, 2.45) is 5.73 Å². The van der Waals surface area contributed by atoms with Gasteiger partial charge in [-0.1, -0.05) is 0 Å². The van der Waals surface area contributed by atoms with Crippen molar-refractivity contribution < 1.29 is 32.3 Å². The molecule has 3 aromatic heterocycles. The van der Waals surface area contributed by atoms with Crippen molar-refractivity contribution >= 4 is 17.6 Å². The van der Waals surface area contributed by atoms with Crippen molar-refractivity contribution in [3.05, 3.63) is 48.3 Å². The van der Waals surface area contributed by atoms with Crippen LogP contribution in [0.5, 0.6) is 0 Å². The van der Waals surface area contributed by atoms with Crippen molar-refractivity contribution in [1.29, 1.82) is 0 Å². The smallest absolute Gasteiger partial charge is 0.420 e. The van der Waals surface area contributed by atoms with Gasteiger partial charge in [0.05, 0.1) is 18.1 Å². The summed E-state index contributed by atoms with van der Waals surface area (Å²) in [6, 6.07) is 1.93. The van der Waals surface area contributed by atoms with Crippen LogP contribution >= 0.6 is 0 Å². The number of halogens is 3. The number of imidazole rings is 1. The van der Waals surface area contributed by atoms with Crippen LogP contribution in [0.25, 0.3) is 16.8 Å². The summed E-state index contributed by atoms with van der Waals surface area (Å²) in [4.78, 5) is 23.9. The Hall–Kier alpha value is -3.50. The second-order valence-corrected chi connectivity index (χ2v) is 4.93. The van der Waals surface area contributed by atoms with Crippen LogP contribution in [0.1, 0.15) is 16.1 Å². The Morgan fingerprint density at radius 2 is 1.96 bits per heavy atom. The SMILES string of the molecule is CNC(N)=O.O=C(O)c1cn2cc(-c3ccoc3)cc(C(F)(F)F)c2n1. The Balaban J connectivity index is 0.000000431. The number of hydrogen-bond acceptors (Lipinski definition) is 4. The molecular formula is C15H13F3N4O4. The van der Waals surface area contributed by atoms with Gasteiger partial charge in [-0.3, -0.25) is 0 Å². The number of aromatic carboxylic acids is 1. The zero-order valence-corrected chi connectivity index (χ0v) is 13.2. The van der Waals surface area contributed by atoms with Crippen molar-refractivity contribution in [3.8, 4) is 11.1 Å². The van der Waals surface area contributed by atoms with Crippen LogP contribution in [0.3, 0.4) is 0 Å². The number of alkyl halides is 3. The molecule has 0 aliphatic carbocycles. The van der Waals surface area contributed by atoms with E-state index >= 15 is 0 Å². The molecule has 0 spiro atoms. The van der Waals surface area contributed by atoms with Crippen molar-refractivity contribution in [2.75, 3.05) is 7.05 Å². The molecule has 2 amide bonds. The zero-order valence-electron chi connectivity index (χ0n) is 13.2. The van der Waals surface area contributed by atoms with Crippen molar-refractivity contribution in [1.82, 2.24) is 14.7 Å². The van der Waals surface area contributed by atoms with E-state index in [0.29, 0.717) is 5.56 Å². The predicted molar refractivity (Wildman–Crippen MR) is 83.5 cm³/mol. The van der Waals surface area contributed by atoms with Gasteiger partial charge in [0.2, 0.25) is 0 Å². The third kappa shape index (κ3) is 4.12.